The van der Waals surface area contributed by atoms with E-state index in [2.05, 4.69) is 32.5 Å². The molecule has 2 aliphatic rings. The minimum Gasteiger partial charge on any atom is -0.394 e. The molecule has 10 nitrogen and oxygen atoms in total. The van der Waals surface area contributed by atoms with Crippen molar-refractivity contribution in [2.45, 2.75) is 67.7 Å². The molecular weight excluding hydrogens is 494 g/mol. The molecule has 2 saturated carbocycles. The van der Waals surface area contributed by atoms with E-state index >= 15 is 0 Å². The summed E-state index contributed by atoms with van der Waals surface area (Å²) in [6, 6.07) is 3.26. The molecular formula is C23H28F2N6O4S. The average Bonchev–Trinajstić information content (AvgIpc) is 3.41. The number of aliphatic hydroxyl groups excluding tert-OH is 3. The molecule has 5 rings (SSSR count). The Morgan fingerprint density at radius 3 is 2.75 bits per heavy atom. The van der Waals surface area contributed by atoms with Crippen molar-refractivity contribution in [3.05, 3.63) is 35.4 Å². The third-order valence-corrected chi connectivity index (χ3v) is 7.61. The quantitative estimate of drug-likeness (QED) is 0.231. The molecule has 2 aromatic heterocycles. The first-order chi connectivity index (χ1) is 17.4. The number of hydrogen-bond donors (Lipinski definition) is 4. The van der Waals surface area contributed by atoms with Gasteiger partial charge in [-0.3, -0.25) is 0 Å². The zero-order chi connectivity index (χ0) is 25.4. The second-order valence-corrected chi connectivity index (χ2v) is 10.2. The zero-order valence-electron chi connectivity index (χ0n) is 19.6. The summed E-state index contributed by atoms with van der Waals surface area (Å²) in [5.74, 6) is -0.472. The maximum Gasteiger partial charge on any atom is 0.191 e. The topological polar surface area (TPSA) is 138 Å². The van der Waals surface area contributed by atoms with E-state index in [1.165, 1.54) is 22.5 Å². The molecule has 0 spiro atoms. The third-order valence-electron chi connectivity index (χ3n) is 6.56. The molecule has 0 saturated heterocycles. The van der Waals surface area contributed by atoms with Gasteiger partial charge in [0.2, 0.25) is 0 Å². The van der Waals surface area contributed by atoms with Crippen molar-refractivity contribution in [1.82, 2.24) is 25.0 Å². The van der Waals surface area contributed by atoms with Gasteiger partial charge in [0.1, 0.15) is 12.2 Å². The lowest BCUT2D eigenvalue weighted by molar-refractivity contribution is -0.0629. The van der Waals surface area contributed by atoms with Crippen LogP contribution >= 0.6 is 11.8 Å². The van der Waals surface area contributed by atoms with Crippen LogP contribution in [0.1, 0.15) is 43.7 Å². The Bertz CT molecular complexity index is 1230. The van der Waals surface area contributed by atoms with E-state index in [4.69, 9.17) is 9.84 Å². The van der Waals surface area contributed by atoms with Crippen LogP contribution in [0.2, 0.25) is 0 Å². The molecule has 36 heavy (non-hydrogen) atoms. The number of anilines is 1. The van der Waals surface area contributed by atoms with E-state index in [1.54, 1.807) is 6.07 Å². The molecule has 6 atom stereocenters. The van der Waals surface area contributed by atoms with E-state index in [1.807, 2.05) is 0 Å². The summed E-state index contributed by atoms with van der Waals surface area (Å²) in [7, 11) is 0. The molecule has 1 aromatic carbocycles. The highest BCUT2D eigenvalue weighted by atomic mass is 32.2. The van der Waals surface area contributed by atoms with Crippen molar-refractivity contribution in [1.29, 1.82) is 0 Å². The molecule has 0 radical (unpaired) electrons. The highest BCUT2D eigenvalue weighted by Crippen LogP contribution is 2.44. The number of thioether (sulfide) groups is 1. The minimum absolute atomic E-state index is 0.00291. The highest BCUT2D eigenvalue weighted by Gasteiger charge is 2.45. The summed E-state index contributed by atoms with van der Waals surface area (Å²) < 4.78 is 34.0. The van der Waals surface area contributed by atoms with Crippen molar-refractivity contribution in [2.75, 3.05) is 24.3 Å². The monoisotopic (exact) mass is 522 g/mol. The zero-order valence-corrected chi connectivity index (χ0v) is 20.4. The van der Waals surface area contributed by atoms with Crippen LogP contribution in [0.25, 0.3) is 11.2 Å². The van der Waals surface area contributed by atoms with Crippen LogP contribution < -0.4 is 5.32 Å². The summed E-state index contributed by atoms with van der Waals surface area (Å²) in [6.07, 6.45) is -1.04. The van der Waals surface area contributed by atoms with Crippen molar-refractivity contribution < 1.29 is 28.8 Å². The van der Waals surface area contributed by atoms with Gasteiger partial charge in [-0.1, -0.05) is 30.0 Å². The van der Waals surface area contributed by atoms with Crippen LogP contribution in [-0.4, -0.2) is 83.6 Å². The molecule has 2 fully saturated rings. The number of rotatable bonds is 10. The molecule has 4 N–H and O–H groups in total. The highest BCUT2D eigenvalue weighted by molar-refractivity contribution is 7.99. The third kappa shape index (κ3) is 4.90. The lowest BCUT2D eigenvalue weighted by atomic mass is 10.1. The predicted molar refractivity (Wildman–Crippen MR) is 128 cm³/mol. The Labute approximate surface area is 210 Å². The first-order valence-electron chi connectivity index (χ1n) is 12.0. The fourth-order valence-corrected chi connectivity index (χ4v) is 5.31. The van der Waals surface area contributed by atoms with E-state index in [-0.39, 0.29) is 31.6 Å². The molecule has 0 amide bonds. The molecule has 2 aliphatic carbocycles. The number of nitrogens with one attached hydrogen (secondary N) is 1. The molecule has 0 bridgehead atoms. The van der Waals surface area contributed by atoms with Crippen LogP contribution in [-0.2, 0) is 4.74 Å². The number of aromatic nitrogens is 5. The van der Waals surface area contributed by atoms with E-state index in [0.717, 1.165) is 24.7 Å². The number of benzene rings is 1. The van der Waals surface area contributed by atoms with Gasteiger partial charge in [0, 0.05) is 24.1 Å². The van der Waals surface area contributed by atoms with E-state index in [9.17, 15) is 19.0 Å². The van der Waals surface area contributed by atoms with E-state index in [0.29, 0.717) is 27.7 Å². The first-order valence-corrected chi connectivity index (χ1v) is 13.0. The maximum atomic E-state index is 13.7. The Morgan fingerprint density at radius 1 is 1.17 bits per heavy atom. The number of fused-ring (bicyclic) bond motifs is 1. The van der Waals surface area contributed by atoms with Gasteiger partial charge in [0.25, 0.3) is 0 Å². The molecule has 0 unspecified atom stereocenters. The Morgan fingerprint density at radius 2 is 2.00 bits per heavy atom. The standard InChI is InChI=1S/C23H28F2N6O4S/c1-2-7-36-23-27-21(26-15-9-12(15)11-3-4-13(24)14(25)8-11)18-22(28-23)31(30-29-18)16-10-17(35-6-5-32)20(34)19(16)33/h3-4,8,12,15-17,19-20,32-34H,2,5-7,9-10H2,1H3,(H,26,27,28)/t12-,15-,16-,17+,19+,20-/m1/s1. The van der Waals surface area contributed by atoms with Gasteiger partial charge in [-0.15, -0.1) is 5.10 Å². The van der Waals surface area contributed by atoms with E-state index < -0.39 is 36.0 Å². The van der Waals surface area contributed by atoms with Crippen LogP contribution in [0.15, 0.2) is 23.4 Å². The lowest BCUT2D eigenvalue weighted by Crippen LogP contribution is -2.33. The summed E-state index contributed by atoms with van der Waals surface area (Å²) in [4.78, 5) is 9.27. The average molecular weight is 523 g/mol. The smallest absolute Gasteiger partial charge is 0.191 e. The van der Waals surface area contributed by atoms with Gasteiger partial charge >= 0.3 is 0 Å². The van der Waals surface area contributed by atoms with Crippen LogP contribution in [0.5, 0.6) is 0 Å². The van der Waals surface area contributed by atoms with Crippen molar-refractivity contribution in [3.63, 3.8) is 0 Å². The number of hydrogen-bond acceptors (Lipinski definition) is 10. The van der Waals surface area contributed by atoms with Gasteiger partial charge < -0.3 is 25.4 Å². The molecule has 13 heteroatoms. The predicted octanol–water partition coefficient (Wildman–Crippen LogP) is 2.01. The normalized spacial score (nSPS) is 27.6. The second-order valence-electron chi connectivity index (χ2n) is 9.09. The van der Waals surface area contributed by atoms with Gasteiger partial charge in [0.15, 0.2) is 33.8 Å². The Kier molecular flexibility index (Phi) is 7.35. The molecule has 3 aromatic rings. The SMILES string of the molecule is CCCSc1nc(N[C@@H]2C[C@@H]2c2ccc(F)c(F)c2)c2nnn([C@@H]3C[C@H](OCCO)[C@@H](O)[C@H]3O)c2n1. The molecule has 0 aliphatic heterocycles. The maximum absolute atomic E-state index is 13.7. The number of aliphatic hydroxyl groups is 3. The molecule has 194 valence electrons. The van der Waals surface area contributed by atoms with Gasteiger partial charge in [0.05, 0.1) is 25.4 Å². The van der Waals surface area contributed by atoms with Crippen molar-refractivity contribution in [3.8, 4) is 0 Å². The number of halogens is 2. The largest absolute Gasteiger partial charge is 0.394 e. The summed E-state index contributed by atoms with van der Waals surface area (Å²) >= 11 is 1.48. The van der Waals surface area contributed by atoms with Crippen LogP contribution in [0, 0.1) is 11.6 Å². The number of ether oxygens (including phenoxy) is 1. The van der Waals surface area contributed by atoms with Crippen molar-refractivity contribution in [2.24, 2.45) is 0 Å². The second kappa shape index (κ2) is 10.5. The number of nitrogens with zero attached hydrogens (tertiary/aromatic N) is 5. The van der Waals surface area contributed by atoms with Crippen LogP contribution in [0.3, 0.4) is 0 Å². The fourth-order valence-electron chi connectivity index (χ4n) is 4.61. The summed E-state index contributed by atoms with van der Waals surface area (Å²) in [5.41, 5.74) is 1.53. The first kappa shape index (κ1) is 25.2. The van der Waals surface area contributed by atoms with Crippen LogP contribution in [0.4, 0.5) is 14.6 Å². The lowest BCUT2D eigenvalue weighted by Gasteiger charge is -2.17. The Hall–Kier alpha value is -2.45. The fraction of sp³-hybridized carbons (Fsp3) is 0.565. The van der Waals surface area contributed by atoms with Gasteiger partial charge in [-0.25, -0.2) is 23.4 Å². The molecule has 2 heterocycles. The van der Waals surface area contributed by atoms with Gasteiger partial charge in [-0.2, -0.15) is 0 Å². The van der Waals surface area contributed by atoms with Gasteiger partial charge in [-0.05, 0) is 30.5 Å². The summed E-state index contributed by atoms with van der Waals surface area (Å²) in [5, 5.41) is 42.5. The summed E-state index contributed by atoms with van der Waals surface area (Å²) in [6.45, 7) is 1.91. The minimum atomic E-state index is -1.15. The Balaban J connectivity index is 1.43. The van der Waals surface area contributed by atoms with Crippen molar-refractivity contribution >= 4 is 28.7 Å².